The van der Waals surface area contributed by atoms with Crippen molar-refractivity contribution in [2.24, 2.45) is 0 Å². The summed E-state index contributed by atoms with van der Waals surface area (Å²) in [4.78, 5) is 7.46. The molecule has 1 N–H and O–H groups in total. The van der Waals surface area contributed by atoms with E-state index in [0.29, 0.717) is 6.01 Å². The molecule has 0 unspecified atom stereocenters. The van der Waals surface area contributed by atoms with Crippen molar-refractivity contribution in [1.82, 2.24) is 9.97 Å². The van der Waals surface area contributed by atoms with Gasteiger partial charge in [-0.15, -0.1) is 0 Å². The molecule has 19 heavy (non-hydrogen) atoms. The Bertz CT molecular complexity index is 705. The third kappa shape index (κ3) is 2.12. The Hall–Kier alpha value is -2.49. The highest BCUT2D eigenvalue weighted by Crippen LogP contribution is 2.30. The molecule has 0 bridgehead atoms. The highest BCUT2D eigenvalue weighted by Gasteiger charge is 2.10. The molecular formula is C15H14N2O2. The fourth-order valence-corrected chi connectivity index (χ4v) is 1.99. The molecule has 0 saturated carbocycles. The van der Waals surface area contributed by atoms with Crippen LogP contribution in [0.2, 0.25) is 0 Å². The molecule has 0 atom stereocenters. The molecule has 0 radical (unpaired) electrons. The SMILES string of the molecule is COc1nc2c(C)c(Oc3ccccc3)ccc2[nH]1. The number of methoxy groups -OCH3 is 1. The summed E-state index contributed by atoms with van der Waals surface area (Å²) in [6.45, 7) is 1.99. The van der Waals surface area contributed by atoms with Crippen molar-refractivity contribution in [2.45, 2.75) is 6.92 Å². The molecule has 1 heterocycles. The van der Waals surface area contributed by atoms with Crippen LogP contribution in [0, 0.1) is 6.92 Å². The Morgan fingerprint density at radius 2 is 1.84 bits per heavy atom. The van der Waals surface area contributed by atoms with E-state index < -0.39 is 0 Å². The Morgan fingerprint density at radius 3 is 2.58 bits per heavy atom. The van der Waals surface area contributed by atoms with Crippen molar-refractivity contribution in [1.29, 1.82) is 0 Å². The average Bonchev–Trinajstić information content (AvgIpc) is 2.87. The van der Waals surface area contributed by atoms with Gasteiger partial charge in [-0.2, -0.15) is 4.98 Å². The molecule has 0 aliphatic carbocycles. The number of benzene rings is 2. The lowest BCUT2D eigenvalue weighted by molar-refractivity contribution is 0.386. The monoisotopic (exact) mass is 254 g/mol. The van der Waals surface area contributed by atoms with Gasteiger partial charge in [0.25, 0.3) is 6.01 Å². The van der Waals surface area contributed by atoms with Gasteiger partial charge < -0.3 is 14.5 Å². The standard InChI is InChI=1S/C15H14N2O2/c1-10-13(19-11-6-4-3-5-7-11)9-8-12-14(10)17-15(16-12)18-2/h3-9H,1-2H3,(H,16,17). The lowest BCUT2D eigenvalue weighted by atomic mass is 10.2. The van der Waals surface area contributed by atoms with Gasteiger partial charge in [0, 0.05) is 5.56 Å². The molecule has 2 aromatic carbocycles. The summed E-state index contributed by atoms with van der Waals surface area (Å²) in [6.07, 6.45) is 0. The average molecular weight is 254 g/mol. The van der Waals surface area contributed by atoms with E-state index in [-0.39, 0.29) is 0 Å². The first-order valence-corrected chi connectivity index (χ1v) is 6.04. The molecule has 1 aromatic heterocycles. The molecule has 0 fully saturated rings. The number of ether oxygens (including phenoxy) is 2. The van der Waals surface area contributed by atoms with Gasteiger partial charge in [0.2, 0.25) is 0 Å². The summed E-state index contributed by atoms with van der Waals surface area (Å²) >= 11 is 0. The van der Waals surface area contributed by atoms with Crippen LogP contribution >= 0.6 is 0 Å². The Morgan fingerprint density at radius 1 is 1.05 bits per heavy atom. The second kappa shape index (κ2) is 4.65. The van der Waals surface area contributed by atoms with Crippen LogP contribution in [0.3, 0.4) is 0 Å². The molecule has 0 spiro atoms. The zero-order valence-corrected chi connectivity index (χ0v) is 10.8. The maximum atomic E-state index is 5.87. The summed E-state index contributed by atoms with van der Waals surface area (Å²) in [7, 11) is 1.59. The van der Waals surface area contributed by atoms with Crippen LogP contribution in [0.15, 0.2) is 42.5 Å². The number of rotatable bonds is 3. The number of fused-ring (bicyclic) bond motifs is 1. The zero-order chi connectivity index (χ0) is 13.2. The van der Waals surface area contributed by atoms with E-state index in [1.165, 1.54) is 0 Å². The van der Waals surface area contributed by atoms with E-state index in [0.717, 1.165) is 28.1 Å². The molecule has 0 saturated heterocycles. The second-order valence-electron chi connectivity index (χ2n) is 4.25. The predicted molar refractivity (Wildman–Crippen MR) is 73.9 cm³/mol. The predicted octanol–water partition coefficient (Wildman–Crippen LogP) is 3.67. The van der Waals surface area contributed by atoms with Crippen LogP contribution in [0.25, 0.3) is 11.0 Å². The number of aryl methyl sites for hydroxylation is 1. The maximum Gasteiger partial charge on any atom is 0.294 e. The number of hydrogen-bond acceptors (Lipinski definition) is 3. The number of H-pyrrole nitrogens is 1. The Labute approximate surface area is 111 Å². The molecule has 0 aliphatic heterocycles. The summed E-state index contributed by atoms with van der Waals surface area (Å²) < 4.78 is 11.0. The van der Waals surface area contributed by atoms with Gasteiger partial charge in [-0.1, -0.05) is 18.2 Å². The van der Waals surface area contributed by atoms with E-state index in [1.54, 1.807) is 7.11 Å². The molecule has 4 heteroatoms. The quantitative estimate of drug-likeness (QED) is 0.775. The lowest BCUT2D eigenvalue weighted by Crippen LogP contribution is -1.88. The summed E-state index contributed by atoms with van der Waals surface area (Å²) in [5, 5.41) is 0. The van der Waals surface area contributed by atoms with Crippen LogP contribution in [-0.2, 0) is 0 Å². The first-order chi connectivity index (χ1) is 9.28. The van der Waals surface area contributed by atoms with Gasteiger partial charge in [0.15, 0.2) is 0 Å². The van der Waals surface area contributed by atoms with Crippen molar-refractivity contribution in [3.63, 3.8) is 0 Å². The van der Waals surface area contributed by atoms with E-state index in [4.69, 9.17) is 9.47 Å². The summed E-state index contributed by atoms with van der Waals surface area (Å²) in [5.74, 6) is 1.61. The molecule has 3 rings (SSSR count). The van der Waals surface area contributed by atoms with Crippen LogP contribution < -0.4 is 9.47 Å². The fourth-order valence-electron chi connectivity index (χ4n) is 1.99. The van der Waals surface area contributed by atoms with Crippen LogP contribution in [0.1, 0.15) is 5.56 Å². The van der Waals surface area contributed by atoms with Crippen LogP contribution in [0.4, 0.5) is 0 Å². The van der Waals surface area contributed by atoms with Gasteiger partial charge in [-0.05, 0) is 31.2 Å². The number of hydrogen-bond donors (Lipinski definition) is 1. The largest absolute Gasteiger partial charge is 0.468 e. The van der Waals surface area contributed by atoms with E-state index in [1.807, 2.05) is 49.4 Å². The van der Waals surface area contributed by atoms with Crippen molar-refractivity contribution >= 4 is 11.0 Å². The molecule has 4 nitrogen and oxygen atoms in total. The van der Waals surface area contributed by atoms with Crippen molar-refractivity contribution in [3.8, 4) is 17.5 Å². The van der Waals surface area contributed by atoms with Gasteiger partial charge in [-0.3, -0.25) is 0 Å². The topological polar surface area (TPSA) is 47.1 Å². The molecule has 96 valence electrons. The third-order valence-electron chi connectivity index (χ3n) is 3.00. The minimum Gasteiger partial charge on any atom is -0.468 e. The second-order valence-corrected chi connectivity index (χ2v) is 4.25. The normalized spacial score (nSPS) is 10.6. The third-order valence-corrected chi connectivity index (χ3v) is 3.00. The Kier molecular flexibility index (Phi) is 2.83. The highest BCUT2D eigenvalue weighted by molar-refractivity contribution is 5.81. The summed E-state index contributed by atoms with van der Waals surface area (Å²) in [5.41, 5.74) is 2.79. The Balaban J connectivity index is 2.02. The number of para-hydroxylation sites is 1. The number of nitrogens with zero attached hydrogens (tertiary/aromatic N) is 1. The lowest BCUT2D eigenvalue weighted by Gasteiger charge is -2.08. The van der Waals surface area contributed by atoms with Crippen LogP contribution in [-0.4, -0.2) is 17.1 Å². The van der Waals surface area contributed by atoms with Crippen LogP contribution in [0.5, 0.6) is 17.5 Å². The number of aromatic nitrogens is 2. The van der Waals surface area contributed by atoms with E-state index >= 15 is 0 Å². The minimum absolute atomic E-state index is 0.509. The van der Waals surface area contributed by atoms with Crippen molar-refractivity contribution in [3.05, 3.63) is 48.0 Å². The van der Waals surface area contributed by atoms with Gasteiger partial charge in [-0.25, -0.2) is 0 Å². The minimum atomic E-state index is 0.509. The number of imidazole rings is 1. The molecule has 0 amide bonds. The molecular weight excluding hydrogens is 240 g/mol. The maximum absolute atomic E-state index is 5.87. The number of aromatic amines is 1. The van der Waals surface area contributed by atoms with Crippen molar-refractivity contribution < 1.29 is 9.47 Å². The first kappa shape index (κ1) is 11.6. The van der Waals surface area contributed by atoms with Gasteiger partial charge in [0.05, 0.1) is 18.1 Å². The smallest absolute Gasteiger partial charge is 0.294 e. The van der Waals surface area contributed by atoms with E-state index in [2.05, 4.69) is 9.97 Å². The first-order valence-electron chi connectivity index (χ1n) is 6.04. The molecule has 0 aliphatic rings. The van der Waals surface area contributed by atoms with Gasteiger partial charge in [0.1, 0.15) is 11.5 Å². The molecule has 3 aromatic rings. The fraction of sp³-hybridized carbons (Fsp3) is 0.133. The summed E-state index contributed by atoms with van der Waals surface area (Å²) in [6, 6.07) is 14.1. The number of nitrogens with one attached hydrogen (secondary N) is 1. The van der Waals surface area contributed by atoms with E-state index in [9.17, 15) is 0 Å². The van der Waals surface area contributed by atoms with Gasteiger partial charge >= 0.3 is 0 Å². The highest BCUT2D eigenvalue weighted by atomic mass is 16.5. The van der Waals surface area contributed by atoms with Crippen molar-refractivity contribution in [2.75, 3.05) is 7.11 Å². The zero-order valence-electron chi connectivity index (χ0n) is 10.8.